The quantitative estimate of drug-likeness (QED) is 0.838. The number of hydrogen-bond acceptors (Lipinski definition) is 2. The first kappa shape index (κ1) is 15.5. The first-order chi connectivity index (χ1) is 9.48. The lowest BCUT2D eigenvalue weighted by Crippen LogP contribution is -2.61. The second kappa shape index (κ2) is 6.28. The van der Waals surface area contributed by atoms with Gasteiger partial charge in [-0.3, -0.25) is 0 Å². The summed E-state index contributed by atoms with van der Waals surface area (Å²) in [5.74, 6) is 0. The lowest BCUT2D eigenvalue weighted by atomic mass is 9.64. The summed E-state index contributed by atoms with van der Waals surface area (Å²) in [6, 6.07) is 9.90. The summed E-state index contributed by atoms with van der Waals surface area (Å²) in [6.45, 7) is 11.9. The van der Waals surface area contributed by atoms with Crippen LogP contribution in [0.1, 0.15) is 57.7 Å². The summed E-state index contributed by atoms with van der Waals surface area (Å²) in [5, 5.41) is 3.84. The van der Waals surface area contributed by atoms with Gasteiger partial charge in [-0.2, -0.15) is 0 Å². The highest BCUT2D eigenvalue weighted by Gasteiger charge is 2.49. The molecule has 0 saturated heterocycles. The van der Waals surface area contributed by atoms with Gasteiger partial charge in [-0.25, -0.2) is 0 Å². The van der Waals surface area contributed by atoms with Gasteiger partial charge in [-0.15, -0.1) is 0 Å². The van der Waals surface area contributed by atoms with Crippen molar-refractivity contribution in [3.63, 3.8) is 0 Å². The second-order valence-electron chi connectivity index (χ2n) is 6.59. The summed E-state index contributed by atoms with van der Waals surface area (Å²) in [5.41, 5.74) is 2.95. The number of hydrogen-bond donors (Lipinski definition) is 1. The van der Waals surface area contributed by atoms with Gasteiger partial charge in [-0.05, 0) is 32.3 Å². The number of rotatable bonds is 6. The minimum atomic E-state index is 0.230. The van der Waals surface area contributed by atoms with Gasteiger partial charge in [-0.1, -0.05) is 50.6 Å². The van der Waals surface area contributed by atoms with Crippen molar-refractivity contribution in [2.75, 3.05) is 6.61 Å². The highest BCUT2D eigenvalue weighted by molar-refractivity contribution is 5.24. The van der Waals surface area contributed by atoms with Crippen LogP contribution in [0, 0.1) is 12.3 Å². The maximum atomic E-state index is 5.82. The molecule has 2 heteroatoms. The van der Waals surface area contributed by atoms with Crippen molar-refractivity contribution in [2.24, 2.45) is 5.41 Å². The molecule has 0 spiro atoms. The number of ether oxygens (including phenoxy) is 1. The minimum absolute atomic E-state index is 0.230. The Hall–Kier alpha value is -0.860. The fourth-order valence-electron chi connectivity index (χ4n) is 3.14. The third kappa shape index (κ3) is 3.07. The molecule has 1 fully saturated rings. The van der Waals surface area contributed by atoms with Crippen molar-refractivity contribution in [2.45, 2.75) is 65.6 Å². The van der Waals surface area contributed by atoms with Crippen LogP contribution in [0.2, 0.25) is 0 Å². The van der Waals surface area contributed by atoms with Crippen molar-refractivity contribution in [3.05, 3.63) is 35.4 Å². The lowest BCUT2D eigenvalue weighted by Gasteiger charge is -2.53. The molecule has 2 nitrogen and oxygen atoms in total. The Morgan fingerprint density at radius 3 is 2.40 bits per heavy atom. The molecule has 0 radical (unpaired) electrons. The van der Waals surface area contributed by atoms with Crippen molar-refractivity contribution in [1.29, 1.82) is 0 Å². The molecule has 1 aromatic rings. The Kier molecular flexibility index (Phi) is 4.87. The van der Waals surface area contributed by atoms with Crippen LogP contribution >= 0.6 is 0 Å². The lowest BCUT2D eigenvalue weighted by molar-refractivity contribution is -0.116. The second-order valence-corrected chi connectivity index (χ2v) is 6.59. The maximum absolute atomic E-state index is 5.82. The van der Waals surface area contributed by atoms with Crippen LogP contribution < -0.4 is 5.32 Å². The molecular formula is C18H29NO. The number of nitrogens with one attached hydrogen (secondary N) is 1. The van der Waals surface area contributed by atoms with Gasteiger partial charge in [0.15, 0.2) is 0 Å². The maximum Gasteiger partial charge on any atom is 0.0655 e. The van der Waals surface area contributed by atoms with Crippen LogP contribution in [0.5, 0.6) is 0 Å². The number of aryl methyl sites for hydroxylation is 1. The van der Waals surface area contributed by atoms with E-state index in [0.717, 1.165) is 19.4 Å². The summed E-state index contributed by atoms with van der Waals surface area (Å²) in [7, 11) is 0. The van der Waals surface area contributed by atoms with Crippen LogP contribution in [0.15, 0.2) is 24.3 Å². The molecule has 112 valence electrons. The zero-order valence-electron chi connectivity index (χ0n) is 13.6. The predicted molar refractivity (Wildman–Crippen MR) is 84.9 cm³/mol. The van der Waals surface area contributed by atoms with E-state index >= 15 is 0 Å². The molecule has 0 heterocycles. The smallest absolute Gasteiger partial charge is 0.0655 e. The third-order valence-electron chi connectivity index (χ3n) is 4.84. The van der Waals surface area contributed by atoms with Crippen LogP contribution in [0.4, 0.5) is 0 Å². The standard InChI is InChI=1S/C18H29NO/c1-6-15(14-10-8-13(3)9-11-14)19-16-12-17(20-7-2)18(16,4)5/h8-11,15-17,19H,6-7,12H2,1-5H3. The molecule has 0 amide bonds. The van der Waals surface area contributed by atoms with E-state index in [-0.39, 0.29) is 5.41 Å². The van der Waals surface area contributed by atoms with E-state index in [1.54, 1.807) is 0 Å². The molecule has 0 bridgehead atoms. The molecule has 3 unspecified atom stereocenters. The summed E-state index contributed by atoms with van der Waals surface area (Å²) >= 11 is 0. The number of benzene rings is 1. The Balaban J connectivity index is 2.00. The average Bonchev–Trinajstić information content (AvgIpc) is 2.43. The topological polar surface area (TPSA) is 21.3 Å². The highest BCUT2D eigenvalue weighted by atomic mass is 16.5. The van der Waals surface area contributed by atoms with Crippen LogP contribution in [0.25, 0.3) is 0 Å². The average molecular weight is 275 g/mol. The van der Waals surface area contributed by atoms with Gasteiger partial charge in [0.1, 0.15) is 0 Å². The summed E-state index contributed by atoms with van der Waals surface area (Å²) in [6.07, 6.45) is 2.65. The molecule has 0 aromatic heterocycles. The van der Waals surface area contributed by atoms with Gasteiger partial charge >= 0.3 is 0 Å². The molecule has 1 aliphatic rings. The Bertz CT molecular complexity index is 424. The van der Waals surface area contributed by atoms with Crippen molar-refractivity contribution < 1.29 is 4.74 Å². The first-order valence-corrected chi connectivity index (χ1v) is 7.93. The van der Waals surface area contributed by atoms with Crippen molar-refractivity contribution in [1.82, 2.24) is 5.32 Å². The van der Waals surface area contributed by atoms with Gasteiger partial charge < -0.3 is 10.1 Å². The molecule has 0 aliphatic heterocycles. The Labute approximate surface area is 123 Å². The molecular weight excluding hydrogens is 246 g/mol. The van der Waals surface area contributed by atoms with Crippen LogP contribution in [0.3, 0.4) is 0 Å². The monoisotopic (exact) mass is 275 g/mol. The normalized spacial score (nSPS) is 26.1. The van der Waals surface area contributed by atoms with E-state index in [9.17, 15) is 0 Å². The Morgan fingerprint density at radius 2 is 1.90 bits per heavy atom. The molecule has 1 aliphatic carbocycles. The van der Waals surface area contributed by atoms with Crippen molar-refractivity contribution in [3.8, 4) is 0 Å². The molecule has 1 aromatic carbocycles. The van der Waals surface area contributed by atoms with Crippen LogP contribution in [-0.2, 0) is 4.74 Å². The van der Waals surface area contributed by atoms with Crippen molar-refractivity contribution >= 4 is 0 Å². The fourth-order valence-corrected chi connectivity index (χ4v) is 3.14. The SMILES string of the molecule is CCOC1CC(NC(CC)c2ccc(C)cc2)C1(C)C. The van der Waals surface area contributed by atoms with E-state index in [0.29, 0.717) is 18.2 Å². The fraction of sp³-hybridized carbons (Fsp3) is 0.667. The van der Waals surface area contributed by atoms with E-state index in [4.69, 9.17) is 4.74 Å². The molecule has 2 rings (SSSR count). The zero-order valence-corrected chi connectivity index (χ0v) is 13.6. The molecule has 3 atom stereocenters. The molecule has 1 saturated carbocycles. The van der Waals surface area contributed by atoms with Gasteiger partial charge in [0.25, 0.3) is 0 Å². The first-order valence-electron chi connectivity index (χ1n) is 7.93. The summed E-state index contributed by atoms with van der Waals surface area (Å²) in [4.78, 5) is 0. The van der Waals surface area contributed by atoms with Gasteiger partial charge in [0.05, 0.1) is 6.10 Å². The Morgan fingerprint density at radius 1 is 1.25 bits per heavy atom. The summed E-state index contributed by atoms with van der Waals surface area (Å²) < 4.78 is 5.82. The molecule has 20 heavy (non-hydrogen) atoms. The third-order valence-corrected chi connectivity index (χ3v) is 4.84. The van der Waals surface area contributed by atoms with Gasteiger partial charge in [0.2, 0.25) is 0 Å². The van der Waals surface area contributed by atoms with E-state index in [1.165, 1.54) is 11.1 Å². The molecule has 1 N–H and O–H groups in total. The largest absolute Gasteiger partial charge is 0.378 e. The zero-order chi connectivity index (χ0) is 14.8. The van der Waals surface area contributed by atoms with E-state index in [2.05, 4.69) is 64.2 Å². The van der Waals surface area contributed by atoms with Crippen LogP contribution in [-0.4, -0.2) is 18.8 Å². The van der Waals surface area contributed by atoms with E-state index in [1.807, 2.05) is 0 Å². The minimum Gasteiger partial charge on any atom is -0.378 e. The van der Waals surface area contributed by atoms with E-state index < -0.39 is 0 Å². The predicted octanol–water partition coefficient (Wildman–Crippen LogP) is 4.24. The van der Waals surface area contributed by atoms with Gasteiger partial charge in [0, 0.05) is 24.1 Å². The highest BCUT2D eigenvalue weighted by Crippen LogP contribution is 2.43.